The number of likely N-dealkylation sites (N-methyl/N-ethyl adjacent to an activating group) is 1. The predicted molar refractivity (Wildman–Crippen MR) is 71.0 cm³/mol. The second-order valence-electron chi connectivity index (χ2n) is 4.95. The molecule has 1 saturated heterocycles. The molecule has 1 aliphatic rings. The summed E-state index contributed by atoms with van der Waals surface area (Å²) in [5, 5.41) is 3.64. The minimum Gasteiger partial charge on any atom is -0.307 e. The average Bonchev–Trinajstić information content (AvgIpc) is 2.37. The Bertz CT molecular complexity index is 351. The zero-order valence-electron chi connectivity index (χ0n) is 10.9. The van der Waals surface area contributed by atoms with Gasteiger partial charge in [0.15, 0.2) is 0 Å². The first-order chi connectivity index (χ1) is 8.29. The predicted octanol–water partition coefficient (Wildman–Crippen LogP) is 1.83. The van der Waals surface area contributed by atoms with Crippen molar-refractivity contribution >= 4 is 0 Å². The molecule has 1 aromatic heterocycles. The van der Waals surface area contributed by atoms with Gasteiger partial charge < -0.3 is 10.2 Å². The maximum absolute atomic E-state index is 4.48. The summed E-state index contributed by atoms with van der Waals surface area (Å²) in [6.07, 6.45) is 5.55. The van der Waals surface area contributed by atoms with Crippen LogP contribution >= 0.6 is 0 Å². The highest BCUT2D eigenvalue weighted by atomic mass is 15.1. The number of pyridine rings is 1. The highest BCUT2D eigenvalue weighted by molar-refractivity contribution is 5.19. The van der Waals surface area contributed by atoms with E-state index in [2.05, 4.69) is 35.2 Å². The van der Waals surface area contributed by atoms with Crippen molar-refractivity contribution in [2.24, 2.45) is 0 Å². The van der Waals surface area contributed by atoms with E-state index < -0.39 is 0 Å². The third-order valence-corrected chi connectivity index (χ3v) is 3.55. The first kappa shape index (κ1) is 12.5. The van der Waals surface area contributed by atoms with E-state index >= 15 is 0 Å². The van der Waals surface area contributed by atoms with E-state index in [1.54, 1.807) is 0 Å². The SMILES string of the molecule is CCc1cccnc1CNC1CCCN(C)C1. The van der Waals surface area contributed by atoms with Crippen LogP contribution in [0, 0.1) is 0 Å². The molecular formula is C14H23N3. The van der Waals surface area contributed by atoms with Gasteiger partial charge in [0.05, 0.1) is 5.69 Å². The Morgan fingerprint density at radius 1 is 1.53 bits per heavy atom. The monoisotopic (exact) mass is 233 g/mol. The molecule has 2 rings (SSSR count). The van der Waals surface area contributed by atoms with Gasteiger partial charge in [-0.1, -0.05) is 13.0 Å². The zero-order chi connectivity index (χ0) is 12.1. The maximum atomic E-state index is 4.48. The second kappa shape index (κ2) is 6.12. The number of aryl methyl sites for hydroxylation is 1. The van der Waals surface area contributed by atoms with Gasteiger partial charge in [-0.2, -0.15) is 0 Å². The van der Waals surface area contributed by atoms with Gasteiger partial charge in [-0.05, 0) is 44.5 Å². The molecule has 1 unspecified atom stereocenters. The Kier molecular flexibility index (Phi) is 4.51. The van der Waals surface area contributed by atoms with Crippen molar-refractivity contribution in [2.45, 2.75) is 38.8 Å². The number of likely N-dealkylation sites (tertiary alicyclic amines) is 1. The summed E-state index contributed by atoms with van der Waals surface area (Å²) >= 11 is 0. The summed E-state index contributed by atoms with van der Waals surface area (Å²) in [5.74, 6) is 0. The normalized spacial score (nSPS) is 21.6. The third kappa shape index (κ3) is 3.51. The number of rotatable bonds is 4. The molecule has 0 bridgehead atoms. The largest absolute Gasteiger partial charge is 0.307 e. The van der Waals surface area contributed by atoms with Crippen LogP contribution in [0.3, 0.4) is 0 Å². The van der Waals surface area contributed by atoms with Crippen molar-refractivity contribution < 1.29 is 0 Å². The Balaban J connectivity index is 1.88. The van der Waals surface area contributed by atoms with Gasteiger partial charge in [0.2, 0.25) is 0 Å². The smallest absolute Gasteiger partial charge is 0.0573 e. The lowest BCUT2D eigenvalue weighted by atomic mass is 10.1. The lowest BCUT2D eigenvalue weighted by molar-refractivity contribution is 0.226. The van der Waals surface area contributed by atoms with Gasteiger partial charge in [0, 0.05) is 25.3 Å². The van der Waals surface area contributed by atoms with E-state index in [4.69, 9.17) is 0 Å². The van der Waals surface area contributed by atoms with Crippen LogP contribution in [0.2, 0.25) is 0 Å². The van der Waals surface area contributed by atoms with E-state index in [1.807, 2.05) is 12.3 Å². The van der Waals surface area contributed by atoms with Crippen molar-refractivity contribution in [3.05, 3.63) is 29.6 Å². The molecular weight excluding hydrogens is 210 g/mol. The Hall–Kier alpha value is -0.930. The molecule has 1 aliphatic heterocycles. The van der Waals surface area contributed by atoms with Gasteiger partial charge in [-0.25, -0.2) is 0 Å². The third-order valence-electron chi connectivity index (χ3n) is 3.55. The molecule has 94 valence electrons. The van der Waals surface area contributed by atoms with Crippen molar-refractivity contribution in [1.82, 2.24) is 15.2 Å². The molecule has 1 atom stereocenters. The molecule has 3 nitrogen and oxygen atoms in total. The lowest BCUT2D eigenvalue weighted by Gasteiger charge is -2.30. The standard InChI is InChI=1S/C14H23N3/c1-3-12-6-4-8-15-14(12)10-16-13-7-5-9-17(2)11-13/h4,6,8,13,16H,3,5,7,9-11H2,1-2H3. The topological polar surface area (TPSA) is 28.2 Å². The summed E-state index contributed by atoms with van der Waals surface area (Å²) < 4.78 is 0. The fraction of sp³-hybridized carbons (Fsp3) is 0.643. The minimum absolute atomic E-state index is 0.625. The van der Waals surface area contributed by atoms with Gasteiger partial charge >= 0.3 is 0 Å². The van der Waals surface area contributed by atoms with Crippen LogP contribution in [0.4, 0.5) is 0 Å². The van der Waals surface area contributed by atoms with E-state index in [9.17, 15) is 0 Å². The molecule has 0 amide bonds. The summed E-state index contributed by atoms with van der Waals surface area (Å²) in [4.78, 5) is 6.88. The van der Waals surface area contributed by atoms with Crippen LogP contribution in [0.25, 0.3) is 0 Å². The molecule has 2 heterocycles. The van der Waals surface area contributed by atoms with Gasteiger partial charge in [0.1, 0.15) is 0 Å². The zero-order valence-corrected chi connectivity index (χ0v) is 10.9. The Morgan fingerprint density at radius 2 is 2.41 bits per heavy atom. The number of hydrogen-bond donors (Lipinski definition) is 1. The number of nitrogens with zero attached hydrogens (tertiary/aromatic N) is 2. The highest BCUT2D eigenvalue weighted by Crippen LogP contribution is 2.10. The first-order valence-corrected chi connectivity index (χ1v) is 6.64. The van der Waals surface area contributed by atoms with E-state index in [1.165, 1.54) is 30.6 Å². The van der Waals surface area contributed by atoms with Crippen molar-refractivity contribution in [3.8, 4) is 0 Å². The van der Waals surface area contributed by atoms with Crippen LogP contribution in [0.15, 0.2) is 18.3 Å². The molecule has 17 heavy (non-hydrogen) atoms. The summed E-state index contributed by atoms with van der Waals surface area (Å²) in [6, 6.07) is 4.83. The van der Waals surface area contributed by atoms with Crippen LogP contribution < -0.4 is 5.32 Å². The Labute approximate surface area is 104 Å². The van der Waals surface area contributed by atoms with Crippen molar-refractivity contribution in [1.29, 1.82) is 0 Å². The summed E-state index contributed by atoms with van der Waals surface area (Å²) in [5.41, 5.74) is 2.58. The fourth-order valence-electron chi connectivity index (χ4n) is 2.53. The molecule has 0 aliphatic carbocycles. The minimum atomic E-state index is 0.625. The van der Waals surface area contributed by atoms with Crippen molar-refractivity contribution in [3.63, 3.8) is 0 Å². The van der Waals surface area contributed by atoms with Crippen LogP contribution in [-0.4, -0.2) is 36.1 Å². The van der Waals surface area contributed by atoms with Crippen molar-refractivity contribution in [2.75, 3.05) is 20.1 Å². The van der Waals surface area contributed by atoms with Crippen LogP contribution in [0.5, 0.6) is 0 Å². The van der Waals surface area contributed by atoms with E-state index in [-0.39, 0.29) is 0 Å². The van der Waals surface area contributed by atoms with Crippen LogP contribution in [-0.2, 0) is 13.0 Å². The maximum Gasteiger partial charge on any atom is 0.0573 e. The average molecular weight is 233 g/mol. The molecule has 0 saturated carbocycles. The Morgan fingerprint density at radius 3 is 3.18 bits per heavy atom. The van der Waals surface area contributed by atoms with Gasteiger partial charge in [0.25, 0.3) is 0 Å². The highest BCUT2D eigenvalue weighted by Gasteiger charge is 2.16. The molecule has 1 N–H and O–H groups in total. The number of nitrogens with one attached hydrogen (secondary N) is 1. The van der Waals surface area contributed by atoms with E-state index in [0.717, 1.165) is 19.5 Å². The molecule has 1 fully saturated rings. The first-order valence-electron chi connectivity index (χ1n) is 6.64. The van der Waals surface area contributed by atoms with E-state index in [0.29, 0.717) is 6.04 Å². The van der Waals surface area contributed by atoms with Crippen LogP contribution in [0.1, 0.15) is 31.0 Å². The van der Waals surface area contributed by atoms with Gasteiger partial charge in [-0.3, -0.25) is 4.98 Å². The lowest BCUT2D eigenvalue weighted by Crippen LogP contribution is -2.43. The molecule has 3 heteroatoms. The molecule has 0 aromatic carbocycles. The molecule has 0 spiro atoms. The number of piperidine rings is 1. The van der Waals surface area contributed by atoms with Gasteiger partial charge in [-0.15, -0.1) is 0 Å². The number of aromatic nitrogens is 1. The quantitative estimate of drug-likeness (QED) is 0.860. The summed E-state index contributed by atoms with van der Waals surface area (Å²) in [6.45, 7) is 5.49. The molecule has 0 radical (unpaired) electrons. The second-order valence-corrected chi connectivity index (χ2v) is 4.95. The fourth-order valence-corrected chi connectivity index (χ4v) is 2.53. The number of hydrogen-bond acceptors (Lipinski definition) is 3. The summed E-state index contributed by atoms with van der Waals surface area (Å²) in [7, 11) is 2.20. The molecule has 1 aromatic rings.